The van der Waals surface area contributed by atoms with E-state index in [4.69, 9.17) is 10.5 Å². The van der Waals surface area contributed by atoms with Crippen LogP contribution in [0.3, 0.4) is 0 Å². The molecule has 0 amide bonds. The summed E-state index contributed by atoms with van der Waals surface area (Å²) in [5.74, 6) is 0.769. The summed E-state index contributed by atoms with van der Waals surface area (Å²) in [6, 6.07) is 6.13. The highest BCUT2D eigenvalue weighted by Crippen LogP contribution is 2.14. The van der Waals surface area contributed by atoms with Gasteiger partial charge in [0.2, 0.25) is 0 Å². The first-order valence-electron chi connectivity index (χ1n) is 7.51. The van der Waals surface area contributed by atoms with Crippen molar-refractivity contribution in [3.8, 4) is 5.75 Å². The fraction of sp³-hybridized carbons (Fsp3) is 0.500. The molecule has 5 nitrogen and oxygen atoms in total. The van der Waals surface area contributed by atoms with Crippen molar-refractivity contribution in [2.24, 2.45) is 5.73 Å². The molecular weight excluding hydrogens is 264 g/mol. The Morgan fingerprint density at radius 3 is 2.67 bits per heavy atom. The van der Waals surface area contributed by atoms with Crippen molar-refractivity contribution in [3.63, 3.8) is 0 Å². The maximum Gasteiger partial charge on any atom is 0.138 e. The SMILES string of the molecule is CCc1cc(COc2ccc(CC(C)N)nc2)n(CC)n1. The first-order chi connectivity index (χ1) is 10.1. The molecule has 114 valence electrons. The van der Waals surface area contributed by atoms with Gasteiger partial charge >= 0.3 is 0 Å². The van der Waals surface area contributed by atoms with Crippen LogP contribution < -0.4 is 10.5 Å². The Balaban J connectivity index is 1.98. The first-order valence-corrected chi connectivity index (χ1v) is 7.51. The molecule has 21 heavy (non-hydrogen) atoms. The van der Waals surface area contributed by atoms with Gasteiger partial charge in [-0.15, -0.1) is 0 Å². The van der Waals surface area contributed by atoms with E-state index in [0.29, 0.717) is 6.61 Å². The summed E-state index contributed by atoms with van der Waals surface area (Å²) >= 11 is 0. The number of hydrogen-bond donors (Lipinski definition) is 1. The van der Waals surface area contributed by atoms with E-state index >= 15 is 0 Å². The van der Waals surface area contributed by atoms with Crippen molar-refractivity contribution in [1.82, 2.24) is 14.8 Å². The Bertz CT molecular complexity index is 560. The molecular formula is C16H24N4O. The lowest BCUT2D eigenvalue weighted by molar-refractivity contribution is 0.291. The Labute approximate surface area is 126 Å². The molecule has 2 N–H and O–H groups in total. The Kier molecular flexibility index (Phi) is 5.33. The molecule has 0 saturated carbocycles. The fourth-order valence-electron chi connectivity index (χ4n) is 2.18. The molecule has 0 aliphatic rings. The average Bonchev–Trinajstić information content (AvgIpc) is 2.88. The molecule has 0 aliphatic carbocycles. The topological polar surface area (TPSA) is 66.0 Å². The predicted octanol–water partition coefficient (Wildman–Crippen LogP) is 2.33. The van der Waals surface area contributed by atoms with Crippen LogP contribution in [-0.2, 0) is 26.0 Å². The maximum atomic E-state index is 5.80. The predicted molar refractivity (Wildman–Crippen MR) is 83.2 cm³/mol. The van der Waals surface area contributed by atoms with Crippen molar-refractivity contribution in [2.75, 3.05) is 0 Å². The third kappa shape index (κ3) is 4.29. The van der Waals surface area contributed by atoms with Gasteiger partial charge in [0.05, 0.1) is 17.6 Å². The van der Waals surface area contributed by atoms with Crippen LogP contribution in [0.25, 0.3) is 0 Å². The minimum Gasteiger partial charge on any atom is -0.486 e. The number of aromatic nitrogens is 3. The van der Waals surface area contributed by atoms with E-state index in [-0.39, 0.29) is 6.04 Å². The molecule has 0 aliphatic heterocycles. The van der Waals surface area contributed by atoms with E-state index < -0.39 is 0 Å². The van der Waals surface area contributed by atoms with Gasteiger partial charge in [-0.3, -0.25) is 9.67 Å². The molecule has 0 saturated heterocycles. The molecule has 2 heterocycles. The zero-order valence-electron chi connectivity index (χ0n) is 13.0. The number of hydrogen-bond acceptors (Lipinski definition) is 4. The van der Waals surface area contributed by atoms with E-state index in [1.54, 1.807) is 6.20 Å². The first kappa shape index (κ1) is 15.5. The van der Waals surface area contributed by atoms with Crippen LogP contribution in [0.5, 0.6) is 5.75 Å². The summed E-state index contributed by atoms with van der Waals surface area (Å²) in [4.78, 5) is 4.37. The van der Waals surface area contributed by atoms with Crippen LogP contribution in [0.15, 0.2) is 24.4 Å². The van der Waals surface area contributed by atoms with E-state index in [9.17, 15) is 0 Å². The van der Waals surface area contributed by atoms with Crippen LogP contribution in [-0.4, -0.2) is 20.8 Å². The summed E-state index contributed by atoms with van der Waals surface area (Å²) in [5.41, 5.74) is 8.94. The van der Waals surface area contributed by atoms with Gasteiger partial charge in [0.1, 0.15) is 12.4 Å². The molecule has 0 radical (unpaired) electrons. The van der Waals surface area contributed by atoms with Crippen LogP contribution in [0.4, 0.5) is 0 Å². The van der Waals surface area contributed by atoms with Crippen molar-refractivity contribution in [2.45, 2.75) is 52.8 Å². The highest BCUT2D eigenvalue weighted by atomic mass is 16.5. The summed E-state index contributed by atoms with van der Waals surface area (Å²) in [7, 11) is 0. The summed E-state index contributed by atoms with van der Waals surface area (Å²) in [5, 5.41) is 4.51. The van der Waals surface area contributed by atoms with Gasteiger partial charge in [-0.05, 0) is 38.5 Å². The smallest absolute Gasteiger partial charge is 0.138 e. The molecule has 1 atom stereocenters. The zero-order valence-corrected chi connectivity index (χ0v) is 13.0. The molecule has 0 fully saturated rings. The molecule has 2 rings (SSSR count). The number of nitrogens with zero attached hydrogens (tertiary/aromatic N) is 3. The van der Waals surface area contributed by atoms with Gasteiger partial charge in [0.25, 0.3) is 0 Å². The van der Waals surface area contributed by atoms with Gasteiger partial charge in [0, 0.05) is 24.7 Å². The third-order valence-electron chi connectivity index (χ3n) is 3.29. The van der Waals surface area contributed by atoms with E-state index in [0.717, 1.165) is 42.2 Å². The monoisotopic (exact) mass is 288 g/mol. The lowest BCUT2D eigenvalue weighted by Gasteiger charge is -2.08. The molecule has 5 heteroatoms. The molecule has 0 aromatic carbocycles. The second-order valence-electron chi connectivity index (χ2n) is 5.25. The maximum absolute atomic E-state index is 5.80. The second-order valence-corrected chi connectivity index (χ2v) is 5.25. The normalized spacial score (nSPS) is 12.4. The lowest BCUT2D eigenvalue weighted by Crippen LogP contribution is -2.18. The zero-order chi connectivity index (χ0) is 15.2. The van der Waals surface area contributed by atoms with Gasteiger partial charge < -0.3 is 10.5 Å². The molecule has 2 aromatic heterocycles. The average molecular weight is 288 g/mol. The number of aryl methyl sites for hydroxylation is 2. The Hall–Kier alpha value is -1.88. The fourth-order valence-corrected chi connectivity index (χ4v) is 2.18. The quantitative estimate of drug-likeness (QED) is 0.849. The van der Waals surface area contributed by atoms with Crippen LogP contribution in [0, 0.1) is 0 Å². The minimum atomic E-state index is 0.121. The summed E-state index contributed by atoms with van der Waals surface area (Å²) in [6.45, 7) is 7.52. The second kappa shape index (κ2) is 7.22. The van der Waals surface area contributed by atoms with Crippen molar-refractivity contribution < 1.29 is 4.74 Å². The van der Waals surface area contributed by atoms with Crippen molar-refractivity contribution in [1.29, 1.82) is 0 Å². The number of rotatable bonds is 7. The summed E-state index contributed by atoms with van der Waals surface area (Å²) in [6.07, 6.45) is 3.47. The summed E-state index contributed by atoms with van der Waals surface area (Å²) < 4.78 is 7.78. The lowest BCUT2D eigenvalue weighted by atomic mass is 10.2. The third-order valence-corrected chi connectivity index (χ3v) is 3.29. The molecule has 0 bridgehead atoms. The molecule has 2 aromatic rings. The van der Waals surface area contributed by atoms with Crippen molar-refractivity contribution >= 4 is 0 Å². The van der Waals surface area contributed by atoms with Gasteiger partial charge in [-0.1, -0.05) is 6.92 Å². The highest BCUT2D eigenvalue weighted by molar-refractivity contribution is 5.21. The van der Waals surface area contributed by atoms with E-state index in [2.05, 4.69) is 30.0 Å². The van der Waals surface area contributed by atoms with Crippen LogP contribution in [0.2, 0.25) is 0 Å². The Morgan fingerprint density at radius 2 is 2.10 bits per heavy atom. The standard InChI is InChI=1S/C16H24N4O/c1-4-13-9-15(20(5-2)19-13)11-21-16-7-6-14(18-10-16)8-12(3)17/h6-7,9-10,12H,4-5,8,11,17H2,1-3H3. The van der Waals surface area contributed by atoms with Crippen LogP contribution in [0.1, 0.15) is 37.9 Å². The van der Waals surface area contributed by atoms with Gasteiger partial charge in [-0.2, -0.15) is 5.10 Å². The largest absolute Gasteiger partial charge is 0.486 e. The highest BCUT2D eigenvalue weighted by Gasteiger charge is 2.07. The van der Waals surface area contributed by atoms with Crippen molar-refractivity contribution in [3.05, 3.63) is 41.5 Å². The number of pyridine rings is 1. The number of ether oxygens (including phenoxy) is 1. The molecule has 1 unspecified atom stereocenters. The van der Waals surface area contributed by atoms with E-state index in [1.165, 1.54) is 0 Å². The minimum absolute atomic E-state index is 0.121. The van der Waals surface area contributed by atoms with Gasteiger partial charge in [0.15, 0.2) is 0 Å². The molecule has 0 spiro atoms. The number of nitrogens with two attached hydrogens (primary N) is 1. The van der Waals surface area contributed by atoms with Gasteiger partial charge in [-0.25, -0.2) is 0 Å². The van der Waals surface area contributed by atoms with Crippen LogP contribution >= 0.6 is 0 Å². The van der Waals surface area contributed by atoms with E-state index in [1.807, 2.05) is 23.7 Å². The Morgan fingerprint density at radius 1 is 1.29 bits per heavy atom.